The predicted molar refractivity (Wildman–Crippen MR) is 150 cm³/mol. The van der Waals surface area contributed by atoms with Crippen molar-refractivity contribution in [2.24, 2.45) is 11.8 Å². The van der Waals surface area contributed by atoms with Crippen molar-refractivity contribution in [2.45, 2.75) is 97.3 Å². The summed E-state index contributed by atoms with van der Waals surface area (Å²) in [6.45, 7) is 7.51. The molecule has 1 fully saturated rings. The zero-order valence-electron chi connectivity index (χ0n) is 22.7. The molecule has 3 nitrogen and oxygen atoms in total. The summed E-state index contributed by atoms with van der Waals surface area (Å²) >= 11 is 0. The second-order valence-corrected chi connectivity index (χ2v) is 10.5. The summed E-state index contributed by atoms with van der Waals surface area (Å²) < 4.78 is 11.5. The number of carbonyl (C=O) groups excluding carboxylic acids is 1. The number of ether oxygens (including phenoxy) is 2. The Bertz CT molecular complexity index is 905. The number of carbonyl (C=O) groups is 1. The largest absolute Gasteiger partial charge is 0.494 e. The molecule has 0 unspecified atom stereocenters. The number of unbranched alkanes of at least 4 members (excludes halogenated alkanes) is 3. The van der Waals surface area contributed by atoms with Crippen LogP contribution in [-0.4, -0.2) is 12.6 Å². The van der Waals surface area contributed by atoms with Crippen molar-refractivity contribution < 1.29 is 14.3 Å². The van der Waals surface area contributed by atoms with Crippen molar-refractivity contribution in [1.29, 1.82) is 0 Å². The molecule has 0 radical (unpaired) electrons. The second kappa shape index (κ2) is 15.5. The molecule has 0 heterocycles. The third-order valence-corrected chi connectivity index (χ3v) is 7.59. The highest BCUT2D eigenvalue weighted by Crippen LogP contribution is 2.37. The molecule has 1 saturated carbocycles. The fourth-order valence-electron chi connectivity index (χ4n) is 4.93. The second-order valence-electron chi connectivity index (χ2n) is 10.5. The van der Waals surface area contributed by atoms with Gasteiger partial charge in [-0.05, 0) is 98.2 Å². The van der Waals surface area contributed by atoms with E-state index in [-0.39, 0.29) is 5.97 Å². The van der Waals surface area contributed by atoms with Crippen molar-refractivity contribution in [1.82, 2.24) is 0 Å². The van der Waals surface area contributed by atoms with E-state index >= 15 is 0 Å². The van der Waals surface area contributed by atoms with Crippen LogP contribution >= 0.6 is 0 Å². The fourth-order valence-corrected chi connectivity index (χ4v) is 4.93. The molecular formula is C33H46O3. The topological polar surface area (TPSA) is 35.5 Å². The summed E-state index contributed by atoms with van der Waals surface area (Å²) in [6.07, 6.45) is 18.3. The Morgan fingerprint density at radius 2 is 1.61 bits per heavy atom. The molecule has 2 aromatic carbocycles. The third kappa shape index (κ3) is 9.48. The van der Waals surface area contributed by atoms with Crippen LogP contribution in [0, 0.1) is 11.8 Å². The van der Waals surface area contributed by atoms with Crippen LogP contribution in [0.2, 0.25) is 0 Å². The first-order chi connectivity index (χ1) is 17.6. The number of hydrogen-bond donors (Lipinski definition) is 0. The van der Waals surface area contributed by atoms with E-state index in [4.69, 9.17) is 9.47 Å². The monoisotopic (exact) mass is 490 g/mol. The van der Waals surface area contributed by atoms with Crippen molar-refractivity contribution in [2.75, 3.05) is 6.61 Å². The first-order valence-electron chi connectivity index (χ1n) is 14.3. The Labute approximate surface area is 219 Å². The van der Waals surface area contributed by atoms with Gasteiger partial charge in [0.2, 0.25) is 0 Å². The van der Waals surface area contributed by atoms with Gasteiger partial charge in [0, 0.05) is 0 Å². The lowest BCUT2D eigenvalue weighted by Gasteiger charge is -2.27. The van der Waals surface area contributed by atoms with Crippen molar-refractivity contribution >= 4 is 5.97 Å². The summed E-state index contributed by atoms with van der Waals surface area (Å²) in [5, 5.41) is 0. The molecule has 0 aromatic heterocycles. The Morgan fingerprint density at radius 1 is 0.917 bits per heavy atom. The number of rotatable bonds is 14. The van der Waals surface area contributed by atoms with E-state index < -0.39 is 0 Å². The van der Waals surface area contributed by atoms with E-state index in [1.54, 1.807) is 12.1 Å². The van der Waals surface area contributed by atoms with E-state index in [1.807, 2.05) is 24.3 Å². The third-order valence-electron chi connectivity index (χ3n) is 7.59. The fraction of sp³-hybridized carbons (Fsp3) is 0.545. The highest BCUT2D eigenvalue weighted by atomic mass is 16.5. The SMILES string of the molecule is CCCC=C[C@H]1CC[C@H](c2ccc(OC(=O)c3ccc(OCCCCC[C@@H](C)CC)cc3)cc2)CC1. The molecule has 0 N–H and O–H groups in total. The molecule has 0 spiro atoms. The highest BCUT2D eigenvalue weighted by Gasteiger charge is 2.21. The van der Waals surface area contributed by atoms with E-state index in [0.717, 1.165) is 24.0 Å². The summed E-state index contributed by atoms with van der Waals surface area (Å²) in [5.74, 6) is 3.23. The molecule has 3 rings (SSSR count). The Morgan fingerprint density at radius 3 is 2.28 bits per heavy atom. The number of hydrogen-bond acceptors (Lipinski definition) is 3. The summed E-state index contributed by atoms with van der Waals surface area (Å²) in [5.41, 5.74) is 1.89. The molecule has 0 amide bonds. The normalized spacial score (nSPS) is 18.8. The van der Waals surface area contributed by atoms with E-state index in [9.17, 15) is 4.79 Å². The molecule has 36 heavy (non-hydrogen) atoms. The summed E-state index contributed by atoms with van der Waals surface area (Å²) in [7, 11) is 0. The minimum absolute atomic E-state index is 0.335. The van der Waals surface area contributed by atoms with E-state index in [2.05, 4.69) is 45.1 Å². The van der Waals surface area contributed by atoms with Crippen LogP contribution in [0.5, 0.6) is 11.5 Å². The number of allylic oxidation sites excluding steroid dienone is 2. The Balaban J connectivity index is 1.39. The van der Waals surface area contributed by atoms with Gasteiger partial charge in [0.05, 0.1) is 12.2 Å². The predicted octanol–water partition coefficient (Wildman–Crippen LogP) is 9.52. The molecular weight excluding hydrogens is 444 g/mol. The molecule has 1 aliphatic rings. The number of benzene rings is 2. The Kier molecular flexibility index (Phi) is 12.1. The summed E-state index contributed by atoms with van der Waals surface area (Å²) in [6, 6.07) is 15.4. The van der Waals surface area contributed by atoms with Crippen LogP contribution < -0.4 is 9.47 Å². The van der Waals surface area contributed by atoms with Gasteiger partial charge in [0.15, 0.2) is 0 Å². The summed E-state index contributed by atoms with van der Waals surface area (Å²) in [4.78, 5) is 12.6. The van der Waals surface area contributed by atoms with Gasteiger partial charge in [-0.2, -0.15) is 0 Å². The molecule has 196 valence electrons. The van der Waals surface area contributed by atoms with Crippen molar-refractivity contribution in [3.63, 3.8) is 0 Å². The molecule has 3 heteroatoms. The smallest absolute Gasteiger partial charge is 0.343 e. The van der Waals surface area contributed by atoms with E-state index in [1.165, 1.54) is 69.8 Å². The zero-order valence-corrected chi connectivity index (χ0v) is 22.7. The van der Waals surface area contributed by atoms with Gasteiger partial charge in [0.25, 0.3) is 0 Å². The lowest BCUT2D eigenvalue weighted by atomic mass is 9.78. The van der Waals surface area contributed by atoms with Crippen LogP contribution in [0.4, 0.5) is 0 Å². The van der Waals surface area contributed by atoms with Crippen molar-refractivity contribution in [3.8, 4) is 11.5 Å². The number of esters is 1. The molecule has 1 aliphatic carbocycles. The van der Waals surface area contributed by atoms with Gasteiger partial charge in [-0.15, -0.1) is 0 Å². The first-order valence-corrected chi connectivity index (χ1v) is 14.3. The first kappa shape index (κ1) is 28.0. The van der Waals surface area contributed by atoms with Gasteiger partial charge in [-0.1, -0.05) is 77.2 Å². The lowest BCUT2D eigenvalue weighted by Crippen LogP contribution is -2.12. The minimum atomic E-state index is -0.335. The van der Waals surface area contributed by atoms with Gasteiger partial charge in [-0.25, -0.2) is 4.79 Å². The maximum Gasteiger partial charge on any atom is 0.343 e. The molecule has 0 saturated heterocycles. The van der Waals surface area contributed by atoms with Crippen LogP contribution in [0.3, 0.4) is 0 Å². The van der Waals surface area contributed by atoms with Crippen LogP contribution in [0.15, 0.2) is 60.7 Å². The Hall–Kier alpha value is -2.55. The van der Waals surface area contributed by atoms with Gasteiger partial charge in [0.1, 0.15) is 11.5 Å². The van der Waals surface area contributed by atoms with Crippen LogP contribution in [-0.2, 0) is 0 Å². The van der Waals surface area contributed by atoms with Crippen LogP contribution in [0.25, 0.3) is 0 Å². The average molecular weight is 491 g/mol. The highest BCUT2D eigenvalue weighted by molar-refractivity contribution is 5.91. The van der Waals surface area contributed by atoms with Gasteiger partial charge in [-0.3, -0.25) is 0 Å². The molecule has 2 aromatic rings. The van der Waals surface area contributed by atoms with Crippen molar-refractivity contribution in [3.05, 3.63) is 71.8 Å². The minimum Gasteiger partial charge on any atom is -0.494 e. The average Bonchev–Trinajstić information content (AvgIpc) is 2.92. The van der Waals surface area contributed by atoms with Gasteiger partial charge < -0.3 is 9.47 Å². The van der Waals surface area contributed by atoms with Gasteiger partial charge >= 0.3 is 5.97 Å². The lowest BCUT2D eigenvalue weighted by molar-refractivity contribution is 0.0734. The zero-order chi connectivity index (χ0) is 25.6. The van der Waals surface area contributed by atoms with Crippen LogP contribution in [0.1, 0.15) is 113 Å². The molecule has 1 atom stereocenters. The maximum atomic E-state index is 12.6. The maximum absolute atomic E-state index is 12.6. The molecule has 0 bridgehead atoms. The van der Waals surface area contributed by atoms with E-state index in [0.29, 0.717) is 23.8 Å². The quantitative estimate of drug-likeness (QED) is 0.114. The molecule has 0 aliphatic heterocycles. The standard InChI is InChI=1S/C33H46O3/c1-4-6-8-12-27-13-15-28(16-14-27)29-17-23-32(24-18-29)36-33(34)30-19-21-31(22-20-30)35-25-10-7-9-11-26(3)5-2/h8,12,17-24,26-28H,4-7,9-11,13-16,25H2,1-3H3/t26-,27-,28-/m0/s1.